The van der Waals surface area contributed by atoms with Gasteiger partial charge in [0.25, 0.3) is 0 Å². The lowest BCUT2D eigenvalue weighted by molar-refractivity contribution is 0.487. The third-order valence-electron chi connectivity index (χ3n) is 4.16. The van der Waals surface area contributed by atoms with Crippen molar-refractivity contribution in [2.24, 2.45) is 0 Å². The maximum Gasteiger partial charge on any atom is 0.247 e. The van der Waals surface area contributed by atoms with Gasteiger partial charge in [-0.1, -0.05) is 22.0 Å². The highest BCUT2D eigenvalue weighted by Gasteiger charge is 2.23. The molecule has 0 N–H and O–H groups in total. The maximum absolute atomic E-state index is 14.2. The summed E-state index contributed by atoms with van der Waals surface area (Å²) in [6.07, 6.45) is 1.48. The minimum absolute atomic E-state index is 0.288. The summed E-state index contributed by atoms with van der Waals surface area (Å²) in [7, 11) is 0. The molecular weight excluding hydrogens is 392 g/mol. The van der Waals surface area contributed by atoms with Gasteiger partial charge in [-0.25, -0.2) is 8.78 Å². The molecule has 0 amide bonds. The van der Waals surface area contributed by atoms with Crippen LogP contribution >= 0.6 is 15.9 Å². The van der Waals surface area contributed by atoms with E-state index in [1.54, 1.807) is 0 Å². The van der Waals surface area contributed by atoms with Gasteiger partial charge in [0, 0.05) is 22.6 Å². The Bertz CT molecular complexity index is 928. The Morgan fingerprint density at radius 1 is 1.16 bits per heavy atom. The van der Waals surface area contributed by atoms with Gasteiger partial charge in [-0.05, 0) is 42.7 Å². The van der Waals surface area contributed by atoms with Gasteiger partial charge in [-0.2, -0.15) is 0 Å². The van der Waals surface area contributed by atoms with Crippen LogP contribution in [0.15, 0.2) is 45.3 Å². The monoisotopic (exact) mass is 405 g/mol. The number of nitrogens with zero attached hydrogens (tertiary/aromatic N) is 3. The molecule has 2 aromatic carbocycles. The molecule has 0 aliphatic carbocycles. The Balaban J connectivity index is 1.61. The van der Waals surface area contributed by atoms with Crippen LogP contribution in [0.2, 0.25) is 0 Å². The zero-order valence-electron chi connectivity index (χ0n) is 13.2. The van der Waals surface area contributed by atoms with Crippen LogP contribution < -0.4 is 4.90 Å². The lowest BCUT2D eigenvalue weighted by Gasteiger charge is -2.30. The van der Waals surface area contributed by atoms with E-state index >= 15 is 0 Å². The molecule has 128 valence electrons. The second-order valence-corrected chi connectivity index (χ2v) is 6.85. The van der Waals surface area contributed by atoms with E-state index < -0.39 is 11.6 Å². The molecule has 0 unspecified atom stereocenters. The van der Waals surface area contributed by atoms with Crippen molar-refractivity contribution in [3.63, 3.8) is 0 Å². The fourth-order valence-electron chi connectivity index (χ4n) is 3.11. The first-order valence-corrected chi connectivity index (χ1v) is 8.70. The highest BCUT2D eigenvalue weighted by Crippen LogP contribution is 2.32. The molecule has 3 aromatic rings. The summed E-state index contributed by atoms with van der Waals surface area (Å²) in [5.41, 5.74) is 1.91. The number of aryl methyl sites for hydroxylation is 1. The molecule has 7 heteroatoms. The molecule has 0 fully saturated rings. The third-order valence-corrected chi connectivity index (χ3v) is 4.66. The zero-order valence-corrected chi connectivity index (χ0v) is 14.8. The molecule has 1 aromatic heterocycles. The third kappa shape index (κ3) is 3.28. The van der Waals surface area contributed by atoms with Gasteiger partial charge in [-0.15, -0.1) is 10.2 Å². The molecule has 0 saturated carbocycles. The van der Waals surface area contributed by atoms with Gasteiger partial charge >= 0.3 is 0 Å². The molecule has 4 rings (SSSR count). The number of fused-ring (bicyclic) bond motifs is 1. The van der Waals surface area contributed by atoms with Crippen molar-refractivity contribution in [1.29, 1.82) is 0 Å². The molecule has 25 heavy (non-hydrogen) atoms. The highest BCUT2D eigenvalue weighted by molar-refractivity contribution is 9.10. The molecule has 2 heterocycles. The lowest BCUT2D eigenvalue weighted by Crippen LogP contribution is -2.30. The summed E-state index contributed by atoms with van der Waals surface area (Å²) >= 11 is 3.41. The molecule has 0 bridgehead atoms. The number of hydrogen-bond donors (Lipinski definition) is 0. The summed E-state index contributed by atoms with van der Waals surface area (Å²) in [5, 5.41) is 8.13. The van der Waals surface area contributed by atoms with Gasteiger partial charge < -0.3 is 9.32 Å². The van der Waals surface area contributed by atoms with E-state index in [4.69, 9.17) is 4.42 Å². The van der Waals surface area contributed by atoms with Crippen LogP contribution in [0.25, 0.3) is 11.5 Å². The van der Waals surface area contributed by atoms with Crippen LogP contribution in [0, 0.1) is 11.6 Å². The second kappa shape index (κ2) is 6.55. The van der Waals surface area contributed by atoms with Crippen molar-refractivity contribution in [3.8, 4) is 11.5 Å². The summed E-state index contributed by atoms with van der Waals surface area (Å²) in [5.74, 6) is -0.297. The van der Waals surface area contributed by atoms with Crippen molar-refractivity contribution in [2.75, 3.05) is 11.4 Å². The first kappa shape index (κ1) is 16.2. The van der Waals surface area contributed by atoms with Gasteiger partial charge in [-0.3, -0.25) is 0 Å². The molecule has 4 nitrogen and oxygen atoms in total. The molecule has 0 atom stereocenters. The normalized spacial score (nSPS) is 13.8. The molecule has 0 radical (unpaired) electrons. The van der Waals surface area contributed by atoms with Crippen LogP contribution in [0.4, 0.5) is 14.5 Å². The van der Waals surface area contributed by atoms with E-state index in [1.165, 1.54) is 6.07 Å². The number of halogens is 3. The minimum Gasteiger partial charge on any atom is -0.419 e. The van der Waals surface area contributed by atoms with Crippen molar-refractivity contribution in [2.45, 2.75) is 19.4 Å². The van der Waals surface area contributed by atoms with E-state index in [0.29, 0.717) is 36.0 Å². The average Bonchev–Trinajstić information content (AvgIpc) is 3.03. The van der Waals surface area contributed by atoms with Crippen molar-refractivity contribution in [3.05, 3.63) is 64.0 Å². The fourth-order valence-corrected chi connectivity index (χ4v) is 3.51. The number of hydrogen-bond acceptors (Lipinski definition) is 4. The van der Waals surface area contributed by atoms with E-state index in [1.807, 2.05) is 29.2 Å². The van der Waals surface area contributed by atoms with Crippen LogP contribution in [-0.2, 0) is 13.0 Å². The first-order valence-electron chi connectivity index (χ1n) is 7.91. The summed E-state index contributed by atoms with van der Waals surface area (Å²) in [4.78, 5) is 1.83. The molecule has 0 spiro atoms. The quantitative estimate of drug-likeness (QED) is 0.631. The predicted octanol–water partition coefficient (Wildman–Crippen LogP) is 4.73. The van der Waals surface area contributed by atoms with E-state index in [2.05, 4.69) is 26.1 Å². The average molecular weight is 406 g/mol. The Hall–Kier alpha value is -2.28. The smallest absolute Gasteiger partial charge is 0.247 e. The Labute approximate surface area is 151 Å². The summed E-state index contributed by atoms with van der Waals surface area (Å²) in [6, 6.07) is 9.86. The Morgan fingerprint density at radius 3 is 2.88 bits per heavy atom. The van der Waals surface area contributed by atoms with Gasteiger partial charge in [0.05, 0.1) is 12.2 Å². The van der Waals surface area contributed by atoms with Crippen LogP contribution in [0.5, 0.6) is 0 Å². The first-order chi connectivity index (χ1) is 12.1. The highest BCUT2D eigenvalue weighted by atomic mass is 79.9. The Kier molecular flexibility index (Phi) is 4.25. The zero-order chi connectivity index (χ0) is 17.4. The summed E-state index contributed by atoms with van der Waals surface area (Å²) < 4.78 is 34.3. The van der Waals surface area contributed by atoms with Gasteiger partial charge in [0.2, 0.25) is 11.8 Å². The minimum atomic E-state index is -0.554. The topological polar surface area (TPSA) is 42.2 Å². The second-order valence-electron chi connectivity index (χ2n) is 5.93. The van der Waals surface area contributed by atoms with Crippen LogP contribution in [0.1, 0.15) is 17.9 Å². The SMILES string of the molecule is Fc1cc(F)c2c(c1)CCCN2Cc1nnc(-c2cccc(Br)c2)o1. The predicted molar refractivity (Wildman–Crippen MR) is 93.2 cm³/mol. The number of benzene rings is 2. The molecular formula is C18H14BrF2N3O. The van der Waals surface area contributed by atoms with Gasteiger partial charge in [0.15, 0.2) is 0 Å². The lowest BCUT2D eigenvalue weighted by atomic mass is 10.0. The molecule has 0 saturated heterocycles. The van der Waals surface area contributed by atoms with Crippen LogP contribution in [0.3, 0.4) is 0 Å². The van der Waals surface area contributed by atoms with E-state index in [9.17, 15) is 8.78 Å². The number of anilines is 1. The maximum atomic E-state index is 14.2. The number of aromatic nitrogens is 2. The van der Waals surface area contributed by atoms with Crippen molar-refractivity contribution >= 4 is 21.6 Å². The fraction of sp³-hybridized carbons (Fsp3) is 0.222. The van der Waals surface area contributed by atoms with Gasteiger partial charge in [0.1, 0.15) is 11.6 Å². The standard InChI is InChI=1S/C18H14BrF2N3O/c19-13-5-1-3-12(7-13)18-23-22-16(25-18)10-24-6-2-4-11-8-14(20)9-15(21)17(11)24/h1,3,5,7-9H,2,4,6,10H2. The Morgan fingerprint density at radius 2 is 2.04 bits per heavy atom. The van der Waals surface area contributed by atoms with E-state index in [0.717, 1.165) is 22.5 Å². The molecule has 1 aliphatic rings. The van der Waals surface area contributed by atoms with Crippen molar-refractivity contribution < 1.29 is 13.2 Å². The van der Waals surface area contributed by atoms with Crippen LogP contribution in [-0.4, -0.2) is 16.7 Å². The number of rotatable bonds is 3. The molecule has 1 aliphatic heterocycles. The van der Waals surface area contributed by atoms with Crippen molar-refractivity contribution in [1.82, 2.24) is 10.2 Å². The largest absolute Gasteiger partial charge is 0.419 e. The summed E-state index contributed by atoms with van der Waals surface area (Å²) in [6.45, 7) is 0.945. The van der Waals surface area contributed by atoms with E-state index in [-0.39, 0.29) is 6.54 Å².